The summed E-state index contributed by atoms with van der Waals surface area (Å²) in [5, 5.41) is 0. The van der Waals surface area contributed by atoms with Gasteiger partial charge in [-0.2, -0.15) is 0 Å². The van der Waals surface area contributed by atoms with Crippen LogP contribution < -0.4 is 0 Å². The van der Waals surface area contributed by atoms with Crippen LogP contribution in [0.25, 0.3) is 0 Å². The minimum atomic E-state index is -0.219. The Morgan fingerprint density at radius 2 is 2.00 bits per heavy atom. The first-order valence-corrected chi connectivity index (χ1v) is 5.84. The molecule has 0 N–H and O–H groups in total. The van der Waals surface area contributed by atoms with E-state index in [0.29, 0.717) is 13.2 Å². The number of rotatable bonds is 8. The molecule has 0 bridgehead atoms. The first-order valence-electron chi connectivity index (χ1n) is 5.84. The molecule has 0 aromatic carbocycles. The molecule has 0 aromatic heterocycles. The second-order valence-electron chi connectivity index (χ2n) is 4.15. The molecule has 1 fully saturated rings. The van der Waals surface area contributed by atoms with Crippen molar-refractivity contribution in [2.75, 3.05) is 26.8 Å². The van der Waals surface area contributed by atoms with Gasteiger partial charge in [-0.05, 0) is 32.2 Å². The van der Waals surface area contributed by atoms with E-state index < -0.39 is 0 Å². The fraction of sp³-hybridized carbons (Fsp3) is 0.538. The molecule has 1 rings (SSSR count). The van der Waals surface area contributed by atoms with E-state index in [0.717, 1.165) is 6.54 Å². The van der Waals surface area contributed by atoms with Gasteiger partial charge in [0, 0.05) is 13.6 Å². The van der Waals surface area contributed by atoms with Crippen LogP contribution in [0.1, 0.15) is 13.8 Å². The maximum atomic E-state index is 11.1. The highest BCUT2D eigenvalue weighted by Gasteiger charge is 2.22. The molecule has 0 spiro atoms. The average molecular weight is 253 g/mol. The monoisotopic (exact) mass is 253 g/mol. The molecule has 1 saturated heterocycles. The fourth-order valence-electron chi connectivity index (χ4n) is 1.31. The normalized spacial score (nSPS) is 17.6. The topological polar surface area (TPSA) is 59.1 Å². The lowest BCUT2D eigenvalue weighted by Crippen LogP contribution is -2.18. The van der Waals surface area contributed by atoms with Crippen molar-refractivity contribution >= 4 is 11.6 Å². The number of Topliss-reactive ketones (excluding diaryl/α,β-unsaturated/α-hetero) is 2. The highest BCUT2D eigenvalue weighted by molar-refractivity contribution is 6.18. The standard InChI is InChI=1S/C13H19NO4/c1-10(15)12(11(2)16)5-4-6-14(3)7-8-17-13-9-18-13/h4-6,13H,7-9H2,1-3H3. The molecular weight excluding hydrogens is 234 g/mol. The lowest BCUT2D eigenvalue weighted by atomic mass is 10.1. The Labute approximate surface area is 107 Å². The third kappa shape index (κ3) is 5.75. The summed E-state index contributed by atoms with van der Waals surface area (Å²) in [6.45, 7) is 4.76. The van der Waals surface area contributed by atoms with Gasteiger partial charge in [-0.3, -0.25) is 9.59 Å². The van der Waals surface area contributed by atoms with Crippen LogP contribution >= 0.6 is 0 Å². The maximum Gasteiger partial charge on any atom is 0.181 e. The Kier molecular flexibility index (Phi) is 5.74. The predicted molar refractivity (Wildman–Crippen MR) is 66.9 cm³/mol. The minimum Gasteiger partial charge on any atom is -0.378 e. The van der Waals surface area contributed by atoms with E-state index in [2.05, 4.69) is 0 Å². The molecule has 18 heavy (non-hydrogen) atoms. The Hall–Kier alpha value is -1.46. The number of allylic oxidation sites excluding steroid dienone is 3. The van der Waals surface area contributed by atoms with Gasteiger partial charge < -0.3 is 14.4 Å². The number of ether oxygens (including phenoxy) is 2. The Balaban J connectivity index is 2.33. The highest BCUT2D eigenvalue weighted by Crippen LogP contribution is 2.09. The number of ketones is 2. The second kappa shape index (κ2) is 7.08. The zero-order valence-corrected chi connectivity index (χ0v) is 11.0. The smallest absolute Gasteiger partial charge is 0.181 e. The van der Waals surface area contributed by atoms with Gasteiger partial charge in [-0.1, -0.05) is 0 Å². The van der Waals surface area contributed by atoms with Crippen molar-refractivity contribution in [3.05, 3.63) is 23.9 Å². The molecule has 100 valence electrons. The van der Waals surface area contributed by atoms with Crippen molar-refractivity contribution in [1.82, 2.24) is 4.90 Å². The van der Waals surface area contributed by atoms with Crippen LogP contribution in [0.15, 0.2) is 23.9 Å². The van der Waals surface area contributed by atoms with Gasteiger partial charge in [-0.15, -0.1) is 0 Å². The molecular formula is C13H19NO4. The summed E-state index contributed by atoms with van der Waals surface area (Å²) >= 11 is 0. The van der Waals surface area contributed by atoms with E-state index in [1.165, 1.54) is 19.9 Å². The molecule has 1 unspecified atom stereocenters. The van der Waals surface area contributed by atoms with Crippen LogP contribution in [0.5, 0.6) is 0 Å². The fourth-order valence-corrected chi connectivity index (χ4v) is 1.31. The SMILES string of the molecule is CC(=O)C(=CC=CN(C)CCOC1CO1)C(C)=O. The predicted octanol–water partition coefficient (Wildman–Crippen LogP) is 0.909. The molecule has 1 aliphatic heterocycles. The lowest BCUT2D eigenvalue weighted by Gasteiger charge is -2.12. The molecule has 0 saturated carbocycles. The minimum absolute atomic E-state index is 0.0238. The van der Waals surface area contributed by atoms with Crippen LogP contribution in [0.2, 0.25) is 0 Å². The number of nitrogens with zero attached hydrogens (tertiary/aromatic N) is 1. The summed E-state index contributed by atoms with van der Waals surface area (Å²) in [6.07, 6.45) is 4.99. The zero-order chi connectivity index (χ0) is 13.5. The third-order valence-electron chi connectivity index (χ3n) is 2.41. The second-order valence-corrected chi connectivity index (χ2v) is 4.15. The number of hydrogen-bond donors (Lipinski definition) is 0. The van der Waals surface area contributed by atoms with E-state index >= 15 is 0 Å². The van der Waals surface area contributed by atoms with Crippen LogP contribution in [-0.2, 0) is 19.1 Å². The zero-order valence-electron chi connectivity index (χ0n) is 11.0. The van der Waals surface area contributed by atoms with Gasteiger partial charge in [0.25, 0.3) is 0 Å². The average Bonchev–Trinajstić information content (AvgIpc) is 3.07. The van der Waals surface area contributed by atoms with Gasteiger partial charge in [0.15, 0.2) is 17.9 Å². The summed E-state index contributed by atoms with van der Waals surface area (Å²) in [5.74, 6) is -0.437. The van der Waals surface area contributed by atoms with Crippen LogP contribution in [0, 0.1) is 0 Å². The first-order chi connectivity index (χ1) is 8.50. The molecule has 1 heterocycles. The van der Waals surface area contributed by atoms with Crippen molar-refractivity contribution in [1.29, 1.82) is 0 Å². The maximum absolute atomic E-state index is 11.1. The third-order valence-corrected chi connectivity index (χ3v) is 2.41. The highest BCUT2D eigenvalue weighted by atomic mass is 16.8. The number of epoxide rings is 1. The summed E-state index contributed by atoms with van der Waals surface area (Å²) in [7, 11) is 1.89. The number of likely N-dealkylation sites (N-methyl/N-ethyl adjacent to an activating group) is 1. The van der Waals surface area contributed by atoms with Crippen LogP contribution in [0.4, 0.5) is 0 Å². The van der Waals surface area contributed by atoms with Crippen molar-refractivity contribution in [2.45, 2.75) is 20.1 Å². The van der Waals surface area contributed by atoms with E-state index in [4.69, 9.17) is 9.47 Å². The molecule has 5 nitrogen and oxygen atoms in total. The Morgan fingerprint density at radius 1 is 1.39 bits per heavy atom. The molecule has 0 radical (unpaired) electrons. The van der Waals surface area contributed by atoms with Crippen molar-refractivity contribution in [2.24, 2.45) is 0 Å². The quantitative estimate of drug-likeness (QED) is 0.211. The summed E-state index contributed by atoms with van der Waals surface area (Å²) in [4.78, 5) is 24.2. The van der Waals surface area contributed by atoms with Gasteiger partial charge in [-0.25, -0.2) is 0 Å². The van der Waals surface area contributed by atoms with E-state index in [9.17, 15) is 9.59 Å². The van der Waals surface area contributed by atoms with E-state index in [-0.39, 0.29) is 23.4 Å². The van der Waals surface area contributed by atoms with E-state index in [1.807, 2.05) is 11.9 Å². The van der Waals surface area contributed by atoms with Gasteiger partial charge in [0.05, 0.1) is 12.2 Å². The number of hydrogen-bond acceptors (Lipinski definition) is 5. The van der Waals surface area contributed by atoms with E-state index in [1.54, 1.807) is 12.3 Å². The first kappa shape index (κ1) is 14.6. The molecule has 0 amide bonds. The Bertz CT molecular complexity index is 353. The Morgan fingerprint density at radius 3 is 2.50 bits per heavy atom. The van der Waals surface area contributed by atoms with Gasteiger partial charge in [0.2, 0.25) is 0 Å². The van der Waals surface area contributed by atoms with Crippen molar-refractivity contribution < 1.29 is 19.1 Å². The largest absolute Gasteiger partial charge is 0.378 e. The molecule has 5 heteroatoms. The lowest BCUT2D eigenvalue weighted by molar-refractivity contribution is -0.119. The molecule has 0 aliphatic carbocycles. The van der Waals surface area contributed by atoms with Crippen LogP contribution in [0.3, 0.4) is 0 Å². The van der Waals surface area contributed by atoms with Crippen LogP contribution in [-0.4, -0.2) is 49.6 Å². The van der Waals surface area contributed by atoms with Gasteiger partial charge >= 0.3 is 0 Å². The molecule has 1 atom stereocenters. The van der Waals surface area contributed by atoms with Gasteiger partial charge in [0.1, 0.15) is 6.61 Å². The van der Waals surface area contributed by atoms with Crippen molar-refractivity contribution in [3.63, 3.8) is 0 Å². The molecule has 0 aromatic rings. The molecule has 1 aliphatic rings. The number of carbonyl (C=O) groups is 2. The summed E-state index contributed by atoms with van der Waals surface area (Å²) < 4.78 is 10.2. The summed E-state index contributed by atoms with van der Waals surface area (Å²) in [6, 6.07) is 0. The number of carbonyl (C=O) groups excluding carboxylic acids is 2. The van der Waals surface area contributed by atoms with Crippen molar-refractivity contribution in [3.8, 4) is 0 Å². The summed E-state index contributed by atoms with van der Waals surface area (Å²) in [5.41, 5.74) is 0.210.